The summed E-state index contributed by atoms with van der Waals surface area (Å²) in [6, 6.07) is 30.2. The number of para-hydroxylation sites is 1. The predicted octanol–water partition coefficient (Wildman–Crippen LogP) is 4.86. The number of carbonyl (C=O) groups is 1. The Kier molecular flexibility index (Phi) is 6.39. The van der Waals surface area contributed by atoms with Crippen molar-refractivity contribution in [1.29, 1.82) is 0 Å². The molecule has 31 heavy (non-hydrogen) atoms. The largest absolute Gasteiger partial charge is 0.348 e. The molecule has 0 aliphatic carbocycles. The number of fused-ring (bicyclic) bond motifs is 1. The van der Waals surface area contributed by atoms with Gasteiger partial charge in [-0.1, -0.05) is 78.9 Å². The Morgan fingerprint density at radius 2 is 1.55 bits per heavy atom. The van der Waals surface area contributed by atoms with Crippen LogP contribution in [0.4, 0.5) is 0 Å². The number of hydrogen-bond acceptors (Lipinski definition) is 3. The molecule has 1 aromatic heterocycles. The van der Waals surface area contributed by atoms with E-state index < -0.39 is 0 Å². The van der Waals surface area contributed by atoms with E-state index in [9.17, 15) is 4.79 Å². The molecule has 1 N–H and O–H groups in total. The van der Waals surface area contributed by atoms with Gasteiger partial charge in [0.25, 0.3) is 0 Å². The molecule has 4 aromatic rings. The number of rotatable bonds is 7. The molecule has 0 unspecified atom stereocenters. The predicted molar refractivity (Wildman–Crippen MR) is 127 cm³/mol. The van der Waals surface area contributed by atoms with Gasteiger partial charge in [0.2, 0.25) is 5.91 Å². The molecular weight excluding hydrogens is 382 g/mol. The molecule has 4 nitrogen and oxygen atoms in total. The third-order valence-corrected chi connectivity index (χ3v) is 5.31. The van der Waals surface area contributed by atoms with Gasteiger partial charge in [-0.25, -0.2) is 4.98 Å². The number of nitrogens with zero attached hydrogens (tertiary/aromatic N) is 2. The van der Waals surface area contributed by atoms with Gasteiger partial charge in [0, 0.05) is 17.5 Å². The van der Waals surface area contributed by atoms with Gasteiger partial charge in [0.05, 0.1) is 23.7 Å². The summed E-state index contributed by atoms with van der Waals surface area (Å²) in [5.74, 6) is 0.00562. The minimum absolute atomic E-state index is 0.00562. The van der Waals surface area contributed by atoms with E-state index in [1.54, 1.807) is 0 Å². The third kappa shape index (κ3) is 5.16. The highest BCUT2D eigenvalue weighted by molar-refractivity contribution is 5.90. The van der Waals surface area contributed by atoms with Crippen LogP contribution in [0.25, 0.3) is 22.2 Å². The second-order valence-corrected chi connectivity index (χ2v) is 8.02. The average molecular weight is 410 g/mol. The van der Waals surface area contributed by atoms with E-state index in [1.165, 1.54) is 0 Å². The highest BCUT2D eigenvalue weighted by Crippen LogP contribution is 2.25. The summed E-state index contributed by atoms with van der Waals surface area (Å²) in [5, 5.41) is 4.25. The van der Waals surface area contributed by atoms with E-state index in [-0.39, 0.29) is 11.9 Å². The Hall–Kier alpha value is -3.50. The molecule has 4 rings (SSSR count). The van der Waals surface area contributed by atoms with E-state index in [4.69, 9.17) is 4.98 Å². The van der Waals surface area contributed by atoms with E-state index in [2.05, 4.69) is 22.3 Å². The minimum atomic E-state index is -0.0644. The summed E-state index contributed by atoms with van der Waals surface area (Å²) in [6.07, 6.45) is 0.305. The minimum Gasteiger partial charge on any atom is -0.348 e. The summed E-state index contributed by atoms with van der Waals surface area (Å²) in [5.41, 5.74) is 4.92. The van der Waals surface area contributed by atoms with Gasteiger partial charge in [-0.3, -0.25) is 4.79 Å². The van der Waals surface area contributed by atoms with Gasteiger partial charge >= 0.3 is 0 Å². The van der Waals surface area contributed by atoms with Gasteiger partial charge < -0.3 is 10.2 Å². The van der Waals surface area contributed by atoms with Gasteiger partial charge in [-0.05, 0) is 37.4 Å². The third-order valence-electron chi connectivity index (χ3n) is 5.31. The standard InChI is InChI=1S/C27H27N3O/c1-30(2)19-26(21-13-7-4-8-14-21)29-27(31)18-22-17-25(20-11-5-3-6-12-20)28-24-16-10-9-15-23(22)24/h3-17,26H,18-19H2,1-2H3,(H,29,31)/t26-/m0/s1. The van der Waals surface area contributed by atoms with Crippen molar-refractivity contribution >= 4 is 16.8 Å². The Balaban J connectivity index is 1.63. The highest BCUT2D eigenvalue weighted by atomic mass is 16.1. The number of aromatic nitrogens is 1. The first-order valence-corrected chi connectivity index (χ1v) is 10.5. The molecule has 0 radical (unpaired) electrons. The molecule has 0 saturated heterocycles. The molecule has 0 saturated carbocycles. The van der Waals surface area contributed by atoms with E-state index in [0.29, 0.717) is 6.42 Å². The maximum absolute atomic E-state index is 13.1. The summed E-state index contributed by atoms with van der Waals surface area (Å²) >= 11 is 0. The molecule has 4 heteroatoms. The fourth-order valence-corrected chi connectivity index (χ4v) is 3.85. The van der Waals surface area contributed by atoms with Crippen molar-refractivity contribution in [1.82, 2.24) is 15.2 Å². The maximum Gasteiger partial charge on any atom is 0.224 e. The lowest BCUT2D eigenvalue weighted by atomic mass is 10.0. The first-order chi connectivity index (χ1) is 15.1. The van der Waals surface area contributed by atoms with E-state index in [0.717, 1.165) is 39.8 Å². The van der Waals surface area contributed by atoms with Gasteiger partial charge in [0.15, 0.2) is 0 Å². The quantitative estimate of drug-likeness (QED) is 0.474. The van der Waals surface area contributed by atoms with Crippen molar-refractivity contribution in [3.63, 3.8) is 0 Å². The molecule has 1 amide bonds. The Morgan fingerprint density at radius 3 is 2.26 bits per heavy atom. The van der Waals surface area contributed by atoms with Crippen molar-refractivity contribution in [2.45, 2.75) is 12.5 Å². The zero-order valence-corrected chi connectivity index (χ0v) is 18.0. The number of benzene rings is 3. The van der Waals surface area contributed by atoms with Gasteiger partial charge in [-0.2, -0.15) is 0 Å². The smallest absolute Gasteiger partial charge is 0.224 e. The summed E-state index contributed by atoms with van der Waals surface area (Å²) in [6.45, 7) is 0.738. The van der Waals surface area contributed by atoms with Gasteiger partial charge in [0.1, 0.15) is 0 Å². The van der Waals surface area contributed by atoms with Gasteiger partial charge in [-0.15, -0.1) is 0 Å². The Morgan fingerprint density at radius 1 is 0.903 bits per heavy atom. The number of hydrogen-bond donors (Lipinski definition) is 1. The lowest BCUT2D eigenvalue weighted by Gasteiger charge is -2.23. The fraction of sp³-hybridized carbons (Fsp3) is 0.185. The molecule has 156 valence electrons. The Bertz CT molecular complexity index is 1160. The molecule has 3 aromatic carbocycles. The summed E-state index contributed by atoms with van der Waals surface area (Å²) in [7, 11) is 4.04. The molecule has 1 atom stereocenters. The molecule has 0 fully saturated rings. The van der Waals surface area contributed by atoms with Crippen LogP contribution in [-0.2, 0) is 11.2 Å². The lowest BCUT2D eigenvalue weighted by Crippen LogP contribution is -2.36. The lowest BCUT2D eigenvalue weighted by molar-refractivity contribution is -0.121. The monoisotopic (exact) mass is 409 g/mol. The van der Waals surface area contributed by atoms with E-state index in [1.807, 2.05) is 93.0 Å². The highest BCUT2D eigenvalue weighted by Gasteiger charge is 2.17. The molecule has 0 bridgehead atoms. The fourth-order valence-electron chi connectivity index (χ4n) is 3.85. The SMILES string of the molecule is CN(C)C[C@H](NC(=O)Cc1cc(-c2ccccc2)nc2ccccc12)c1ccccc1. The van der Waals surface area contributed by atoms with Crippen LogP contribution in [0.3, 0.4) is 0 Å². The topological polar surface area (TPSA) is 45.2 Å². The number of nitrogens with one attached hydrogen (secondary N) is 1. The van der Waals surface area contributed by atoms with E-state index >= 15 is 0 Å². The van der Waals surface area contributed by atoms with Crippen LogP contribution < -0.4 is 5.32 Å². The van der Waals surface area contributed by atoms with Crippen molar-refractivity contribution in [2.24, 2.45) is 0 Å². The first kappa shape index (κ1) is 20.8. The van der Waals surface area contributed by atoms with Crippen molar-refractivity contribution in [3.8, 4) is 11.3 Å². The number of carbonyl (C=O) groups excluding carboxylic acids is 1. The van der Waals surface area contributed by atoms with Crippen LogP contribution in [0.15, 0.2) is 91.0 Å². The van der Waals surface area contributed by atoms with Crippen molar-refractivity contribution < 1.29 is 4.79 Å². The molecule has 0 spiro atoms. The zero-order chi connectivity index (χ0) is 21.6. The summed E-state index contributed by atoms with van der Waals surface area (Å²) < 4.78 is 0. The molecule has 0 aliphatic rings. The number of pyridine rings is 1. The van der Waals surface area contributed by atoms with Crippen LogP contribution in [0, 0.1) is 0 Å². The summed E-state index contributed by atoms with van der Waals surface area (Å²) in [4.78, 5) is 20.0. The van der Waals surface area contributed by atoms with Crippen LogP contribution in [0.1, 0.15) is 17.2 Å². The number of amides is 1. The van der Waals surface area contributed by atoms with Crippen LogP contribution in [-0.4, -0.2) is 36.4 Å². The normalized spacial score (nSPS) is 12.1. The van der Waals surface area contributed by atoms with Crippen LogP contribution in [0.2, 0.25) is 0 Å². The average Bonchev–Trinajstić information content (AvgIpc) is 2.79. The Labute approximate surface area is 183 Å². The molecule has 0 aliphatic heterocycles. The number of likely N-dealkylation sites (N-methyl/N-ethyl adjacent to an activating group) is 1. The second kappa shape index (κ2) is 9.54. The molecule has 1 heterocycles. The first-order valence-electron chi connectivity index (χ1n) is 10.5. The maximum atomic E-state index is 13.1. The van der Waals surface area contributed by atoms with Crippen molar-refractivity contribution in [3.05, 3.63) is 102 Å². The van der Waals surface area contributed by atoms with Crippen molar-refractivity contribution in [2.75, 3.05) is 20.6 Å². The van der Waals surface area contributed by atoms with Crippen LogP contribution in [0.5, 0.6) is 0 Å². The molecular formula is C27H27N3O. The zero-order valence-electron chi connectivity index (χ0n) is 18.0. The van der Waals surface area contributed by atoms with Crippen LogP contribution >= 0.6 is 0 Å². The second-order valence-electron chi connectivity index (χ2n) is 8.02.